The lowest BCUT2D eigenvalue weighted by Gasteiger charge is -2.29. The lowest BCUT2D eigenvalue weighted by Crippen LogP contribution is -2.39. The van der Waals surface area contributed by atoms with Gasteiger partial charge in [0, 0.05) is 13.1 Å². The molecule has 0 atom stereocenters. The van der Waals surface area contributed by atoms with Crippen molar-refractivity contribution in [1.82, 2.24) is 4.98 Å². The number of nitrogen functional groups attached to an aromatic ring is 1. The number of nitrogens with two attached hydrogens (primary N) is 1. The summed E-state index contributed by atoms with van der Waals surface area (Å²) in [7, 11) is 0. The van der Waals surface area contributed by atoms with Gasteiger partial charge in [-0.15, -0.1) is 0 Å². The van der Waals surface area contributed by atoms with E-state index in [2.05, 4.69) is 20.9 Å². The van der Waals surface area contributed by atoms with E-state index in [1.54, 1.807) is 20.0 Å². The molecule has 0 bridgehead atoms. The molecule has 0 radical (unpaired) electrons. The fourth-order valence-electron chi connectivity index (χ4n) is 1.48. The Kier molecular flexibility index (Phi) is 4.15. The predicted octanol–water partition coefficient (Wildman–Crippen LogP) is 2.02. The summed E-state index contributed by atoms with van der Waals surface area (Å²) in [4.78, 5) is 6.28. The molecule has 0 aromatic carbocycles. The average molecular weight is 288 g/mol. The molecule has 4 nitrogen and oxygen atoms in total. The van der Waals surface area contributed by atoms with Gasteiger partial charge in [0.2, 0.25) is 0 Å². The van der Waals surface area contributed by atoms with Crippen LogP contribution in [-0.2, 0) is 0 Å². The second kappa shape index (κ2) is 5.01. The van der Waals surface area contributed by atoms with Crippen LogP contribution in [0.3, 0.4) is 0 Å². The largest absolute Gasteiger partial charge is 0.397 e. The zero-order valence-corrected chi connectivity index (χ0v) is 11.5. The maximum absolute atomic E-state index is 9.82. The molecule has 0 aliphatic carbocycles. The van der Waals surface area contributed by atoms with Gasteiger partial charge in [0.05, 0.1) is 22.0 Å². The molecule has 0 aliphatic rings. The summed E-state index contributed by atoms with van der Waals surface area (Å²) in [5.74, 6) is 0.804. The molecule has 1 aromatic rings. The topological polar surface area (TPSA) is 62.4 Å². The Labute approximate surface area is 105 Å². The minimum atomic E-state index is -0.751. The van der Waals surface area contributed by atoms with E-state index in [9.17, 15) is 5.11 Å². The fraction of sp³-hybridized carbons (Fsp3) is 0.545. The molecule has 3 N–H and O–H groups in total. The number of rotatable bonds is 4. The van der Waals surface area contributed by atoms with Crippen LogP contribution in [-0.4, -0.2) is 28.8 Å². The molecule has 0 saturated carbocycles. The zero-order valence-electron chi connectivity index (χ0n) is 9.87. The van der Waals surface area contributed by atoms with Gasteiger partial charge in [-0.2, -0.15) is 0 Å². The fourth-order valence-corrected chi connectivity index (χ4v) is 2.10. The maximum atomic E-state index is 9.82. The SMILES string of the molecule is CCN(CC(C)(C)O)c1ncc(N)cc1Br. The number of likely N-dealkylation sites (N-methyl/N-ethyl adjacent to an activating group) is 1. The highest BCUT2D eigenvalue weighted by atomic mass is 79.9. The van der Waals surface area contributed by atoms with E-state index >= 15 is 0 Å². The molecule has 16 heavy (non-hydrogen) atoms. The molecule has 0 aliphatic heterocycles. The third-order valence-corrected chi connectivity index (χ3v) is 2.69. The van der Waals surface area contributed by atoms with E-state index < -0.39 is 5.60 Å². The Balaban J connectivity index is 2.95. The van der Waals surface area contributed by atoms with Crippen LogP contribution >= 0.6 is 15.9 Å². The minimum absolute atomic E-state index is 0.527. The normalized spacial score (nSPS) is 11.6. The van der Waals surface area contributed by atoms with Crippen LogP contribution in [0.5, 0.6) is 0 Å². The number of pyridine rings is 1. The molecule has 5 heteroatoms. The van der Waals surface area contributed by atoms with Crippen molar-refractivity contribution in [3.05, 3.63) is 16.7 Å². The molecule has 0 spiro atoms. The van der Waals surface area contributed by atoms with Crippen LogP contribution in [0.2, 0.25) is 0 Å². The lowest BCUT2D eigenvalue weighted by atomic mass is 10.1. The number of aliphatic hydroxyl groups is 1. The van der Waals surface area contributed by atoms with E-state index in [1.807, 2.05) is 17.9 Å². The van der Waals surface area contributed by atoms with Gasteiger partial charge < -0.3 is 15.7 Å². The van der Waals surface area contributed by atoms with E-state index in [-0.39, 0.29) is 0 Å². The number of hydrogen-bond donors (Lipinski definition) is 2. The summed E-state index contributed by atoms with van der Waals surface area (Å²) in [5, 5.41) is 9.82. The summed E-state index contributed by atoms with van der Waals surface area (Å²) >= 11 is 3.43. The van der Waals surface area contributed by atoms with E-state index in [0.717, 1.165) is 16.8 Å². The molecule has 0 saturated heterocycles. The van der Waals surface area contributed by atoms with Gasteiger partial charge in [-0.3, -0.25) is 0 Å². The molecule has 0 unspecified atom stereocenters. The molecule has 0 fully saturated rings. The van der Waals surface area contributed by atoms with Crippen LogP contribution < -0.4 is 10.6 Å². The predicted molar refractivity (Wildman–Crippen MR) is 70.5 cm³/mol. The van der Waals surface area contributed by atoms with Gasteiger partial charge in [0.15, 0.2) is 0 Å². The third kappa shape index (κ3) is 3.64. The number of aromatic nitrogens is 1. The summed E-state index contributed by atoms with van der Waals surface area (Å²) in [6.07, 6.45) is 1.62. The first kappa shape index (κ1) is 13.3. The van der Waals surface area contributed by atoms with Crippen molar-refractivity contribution in [2.75, 3.05) is 23.7 Å². The maximum Gasteiger partial charge on any atom is 0.143 e. The smallest absolute Gasteiger partial charge is 0.143 e. The number of anilines is 2. The number of hydrogen-bond acceptors (Lipinski definition) is 4. The zero-order chi connectivity index (χ0) is 12.3. The van der Waals surface area contributed by atoms with Crippen molar-refractivity contribution >= 4 is 27.4 Å². The van der Waals surface area contributed by atoms with Gasteiger partial charge in [0.1, 0.15) is 5.82 Å². The Hall–Kier alpha value is -0.810. The summed E-state index contributed by atoms with van der Waals surface area (Å²) in [6.45, 7) is 6.89. The monoisotopic (exact) mass is 287 g/mol. The van der Waals surface area contributed by atoms with Gasteiger partial charge in [-0.25, -0.2) is 4.98 Å². The highest BCUT2D eigenvalue weighted by Gasteiger charge is 2.19. The second-order valence-electron chi connectivity index (χ2n) is 4.40. The van der Waals surface area contributed by atoms with E-state index in [1.165, 1.54) is 0 Å². The molecule has 0 amide bonds. The first-order chi connectivity index (χ1) is 7.33. The van der Waals surface area contributed by atoms with Crippen molar-refractivity contribution in [2.45, 2.75) is 26.4 Å². The Bertz CT molecular complexity index is 363. The second-order valence-corrected chi connectivity index (χ2v) is 5.26. The molecule has 1 aromatic heterocycles. The number of halogens is 1. The van der Waals surface area contributed by atoms with E-state index in [4.69, 9.17) is 5.73 Å². The van der Waals surface area contributed by atoms with Crippen molar-refractivity contribution in [3.8, 4) is 0 Å². The summed E-state index contributed by atoms with van der Waals surface area (Å²) < 4.78 is 0.846. The quantitative estimate of drug-likeness (QED) is 0.890. The van der Waals surface area contributed by atoms with Crippen molar-refractivity contribution in [3.63, 3.8) is 0 Å². The Morgan fingerprint density at radius 3 is 2.62 bits per heavy atom. The van der Waals surface area contributed by atoms with Crippen molar-refractivity contribution in [1.29, 1.82) is 0 Å². The van der Waals surface area contributed by atoms with Crippen LogP contribution in [0.15, 0.2) is 16.7 Å². The summed E-state index contributed by atoms with van der Waals surface area (Å²) in [5.41, 5.74) is 5.50. The van der Waals surface area contributed by atoms with Crippen LogP contribution in [0, 0.1) is 0 Å². The Morgan fingerprint density at radius 1 is 1.56 bits per heavy atom. The van der Waals surface area contributed by atoms with Crippen LogP contribution in [0.1, 0.15) is 20.8 Å². The van der Waals surface area contributed by atoms with Crippen molar-refractivity contribution in [2.24, 2.45) is 0 Å². The molecular weight excluding hydrogens is 270 g/mol. The molecule has 1 heterocycles. The molecular formula is C11H18BrN3O. The standard InChI is InChI=1S/C11H18BrN3O/c1-4-15(7-11(2,3)16)10-9(12)5-8(13)6-14-10/h5-6,16H,4,7,13H2,1-3H3. The first-order valence-corrected chi connectivity index (χ1v) is 6.01. The number of nitrogens with zero attached hydrogens (tertiary/aromatic N) is 2. The van der Waals surface area contributed by atoms with Crippen LogP contribution in [0.4, 0.5) is 11.5 Å². The highest BCUT2D eigenvalue weighted by molar-refractivity contribution is 9.10. The van der Waals surface area contributed by atoms with Gasteiger partial charge >= 0.3 is 0 Å². The third-order valence-electron chi connectivity index (χ3n) is 2.10. The van der Waals surface area contributed by atoms with Crippen LogP contribution in [0.25, 0.3) is 0 Å². The summed E-state index contributed by atoms with van der Waals surface area (Å²) in [6, 6.07) is 1.81. The van der Waals surface area contributed by atoms with Gasteiger partial charge in [-0.05, 0) is 42.8 Å². The van der Waals surface area contributed by atoms with E-state index in [0.29, 0.717) is 12.2 Å². The molecule has 90 valence electrons. The van der Waals surface area contributed by atoms with Gasteiger partial charge in [0.25, 0.3) is 0 Å². The first-order valence-electron chi connectivity index (χ1n) is 5.22. The lowest BCUT2D eigenvalue weighted by molar-refractivity contribution is 0.0874. The molecule has 1 rings (SSSR count). The van der Waals surface area contributed by atoms with Gasteiger partial charge in [-0.1, -0.05) is 0 Å². The average Bonchev–Trinajstić information content (AvgIpc) is 2.13. The highest BCUT2D eigenvalue weighted by Crippen LogP contribution is 2.26. The minimum Gasteiger partial charge on any atom is -0.397 e. The Morgan fingerprint density at radius 2 is 2.19 bits per heavy atom. The van der Waals surface area contributed by atoms with Crippen molar-refractivity contribution < 1.29 is 5.11 Å².